The Morgan fingerprint density at radius 1 is 1.03 bits per heavy atom. The predicted molar refractivity (Wildman–Crippen MR) is 121 cm³/mol. The normalized spacial score (nSPS) is 31.3. The molecule has 1 N–H and O–H groups in total. The monoisotopic (exact) mass is 445 g/mol. The van der Waals surface area contributed by atoms with E-state index in [0.29, 0.717) is 44.2 Å². The number of fused-ring (bicyclic) bond motifs is 1. The van der Waals surface area contributed by atoms with E-state index in [1.54, 1.807) is 4.90 Å². The molecule has 3 fully saturated rings. The molecule has 32 heavy (non-hydrogen) atoms. The van der Waals surface area contributed by atoms with Gasteiger partial charge in [0.25, 0.3) is 0 Å². The van der Waals surface area contributed by atoms with Crippen molar-refractivity contribution in [3.05, 3.63) is 11.3 Å². The molecule has 1 unspecified atom stereocenters. The van der Waals surface area contributed by atoms with Crippen LogP contribution in [0.4, 0.5) is 4.79 Å². The summed E-state index contributed by atoms with van der Waals surface area (Å²) in [5.41, 5.74) is 2.62. The fraction of sp³-hybridized carbons (Fsp3) is 0.840. The van der Waals surface area contributed by atoms with Gasteiger partial charge in [-0.2, -0.15) is 0 Å². The minimum Gasteiger partial charge on any atom is -0.465 e. The predicted octanol–water partition coefficient (Wildman–Crippen LogP) is 3.70. The Balaban J connectivity index is 1.29. The van der Waals surface area contributed by atoms with Crippen LogP contribution < -0.4 is 0 Å². The Morgan fingerprint density at radius 2 is 1.69 bits per heavy atom. The van der Waals surface area contributed by atoms with Crippen LogP contribution in [0, 0.1) is 11.3 Å². The zero-order chi connectivity index (χ0) is 22.5. The quantitative estimate of drug-likeness (QED) is 0.702. The van der Waals surface area contributed by atoms with Gasteiger partial charge in [0, 0.05) is 56.7 Å². The molecular weight excluding hydrogens is 406 g/mol. The molecular formula is C25H39N3O4. The minimum atomic E-state index is -0.800. The Labute approximate surface area is 191 Å². The van der Waals surface area contributed by atoms with Gasteiger partial charge in [-0.1, -0.05) is 6.92 Å². The molecule has 0 aromatic carbocycles. The number of amides is 2. The maximum absolute atomic E-state index is 14.0. The van der Waals surface area contributed by atoms with E-state index in [9.17, 15) is 14.7 Å². The van der Waals surface area contributed by atoms with Gasteiger partial charge in [-0.15, -0.1) is 0 Å². The van der Waals surface area contributed by atoms with Crippen LogP contribution in [0.1, 0.15) is 71.6 Å². The smallest absolute Gasteiger partial charge is 0.407 e. The van der Waals surface area contributed by atoms with Crippen molar-refractivity contribution in [3.63, 3.8) is 0 Å². The first-order valence-corrected chi connectivity index (χ1v) is 12.7. The van der Waals surface area contributed by atoms with Crippen molar-refractivity contribution in [2.45, 2.75) is 83.2 Å². The van der Waals surface area contributed by atoms with Crippen LogP contribution in [-0.4, -0.2) is 82.8 Å². The zero-order valence-corrected chi connectivity index (χ0v) is 19.8. The number of piperidine rings is 2. The highest BCUT2D eigenvalue weighted by Gasteiger charge is 2.55. The summed E-state index contributed by atoms with van der Waals surface area (Å²) in [5, 5.41) is 9.28. The van der Waals surface area contributed by atoms with Crippen LogP contribution in [0.15, 0.2) is 11.3 Å². The number of likely N-dealkylation sites (tertiary alicyclic amines) is 2. The summed E-state index contributed by atoms with van der Waals surface area (Å²) in [4.78, 5) is 31.6. The fourth-order valence-electron chi connectivity index (χ4n) is 7.11. The number of nitrogens with zero attached hydrogens (tertiary/aromatic N) is 3. The van der Waals surface area contributed by atoms with Crippen LogP contribution in [0.2, 0.25) is 0 Å². The first kappa shape index (κ1) is 22.2. The van der Waals surface area contributed by atoms with Crippen LogP contribution in [0.5, 0.6) is 0 Å². The summed E-state index contributed by atoms with van der Waals surface area (Å²) in [5.74, 6) is 1.02. The molecule has 1 atom stereocenters. The fourth-order valence-corrected chi connectivity index (χ4v) is 7.11. The van der Waals surface area contributed by atoms with Gasteiger partial charge in [-0.25, -0.2) is 4.79 Å². The van der Waals surface area contributed by atoms with Crippen molar-refractivity contribution in [3.8, 4) is 0 Å². The van der Waals surface area contributed by atoms with Crippen molar-refractivity contribution in [2.24, 2.45) is 11.3 Å². The maximum Gasteiger partial charge on any atom is 0.407 e. The summed E-state index contributed by atoms with van der Waals surface area (Å²) in [6, 6.07) is 0.305. The molecule has 0 bridgehead atoms. The number of carboxylic acid groups (broad SMARTS) is 1. The lowest BCUT2D eigenvalue weighted by Crippen LogP contribution is -2.58. The number of allylic oxidation sites excluding steroid dienone is 1. The molecule has 0 radical (unpaired) electrons. The maximum atomic E-state index is 14.0. The molecule has 0 aromatic rings. The van der Waals surface area contributed by atoms with Gasteiger partial charge < -0.3 is 19.6 Å². The van der Waals surface area contributed by atoms with Crippen molar-refractivity contribution < 1.29 is 19.4 Å². The molecule has 2 amide bonds. The van der Waals surface area contributed by atoms with E-state index >= 15 is 0 Å². The van der Waals surface area contributed by atoms with Crippen molar-refractivity contribution in [2.75, 3.05) is 39.4 Å². The molecule has 178 valence electrons. The van der Waals surface area contributed by atoms with E-state index in [4.69, 9.17) is 4.74 Å². The van der Waals surface area contributed by atoms with Crippen molar-refractivity contribution in [1.82, 2.24) is 14.7 Å². The van der Waals surface area contributed by atoms with E-state index in [1.807, 2.05) is 0 Å². The Morgan fingerprint density at radius 3 is 2.31 bits per heavy atom. The first-order chi connectivity index (χ1) is 15.3. The highest BCUT2D eigenvalue weighted by molar-refractivity contribution is 5.91. The SMILES string of the molecule is CC1CCC2=C(C1)N(C1CCN(C3(C)CCN(C(=O)O)CC3)CC1)C(=O)C21CCOCC1. The van der Waals surface area contributed by atoms with Crippen LogP contribution in [0.3, 0.4) is 0 Å². The second-order valence-electron chi connectivity index (χ2n) is 11.1. The van der Waals surface area contributed by atoms with Gasteiger partial charge >= 0.3 is 6.09 Å². The van der Waals surface area contributed by atoms with Gasteiger partial charge in [-0.05, 0) is 76.2 Å². The minimum absolute atomic E-state index is 0.0671. The first-order valence-electron chi connectivity index (χ1n) is 12.7. The van der Waals surface area contributed by atoms with Gasteiger partial charge in [0.05, 0.1) is 5.41 Å². The van der Waals surface area contributed by atoms with Crippen LogP contribution in [0.25, 0.3) is 0 Å². The standard InChI is InChI=1S/C25H39N3O4/c1-18-3-4-20-21(17-18)28(22(29)25(20)9-15-32-16-10-25)19-5-11-27(12-6-19)24(2)7-13-26(14-8-24)23(30)31/h18-19H,3-17H2,1-2H3,(H,30,31). The van der Waals surface area contributed by atoms with Gasteiger partial charge in [0.1, 0.15) is 0 Å². The number of hydrogen-bond acceptors (Lipinski definition) is 4. The summed E-state index contributed by atoms with van der Waals surface area (Å²) >= 11 is 0. The van der Waals surface area contributed by atoms with Crippen LogP contribution >= 0.6 is 0 Å². The van der Waals surface area contributed by atoms with E-state index < -0.39 is 6.09 Å². The second-order valence-corrected chi connectivity index (χ2v) is 11.1. The highest BCUT2D eigenvalue weighted by Crippen LogP contribution is 2.54. The van der Waals surface area contributed by atoms with Crippen molar-refractivity contribution >= 4 is 12.0 Å². The third-order valence-electron chi connectivity index (χ3n) is 9.32. The topological polar surface area (TPSA) is 73.3 Å². The number of hydrogen-bond donors (Lipinski definition) is 1. The Kier molecular flexibility index (Phi) is 5.77. The molecule has 4 heterocycles. The average Bonchev–Trinajstić information content (AvgIpc) is 3.01. The van der Waals surface area contributed by atoms with E-state index in [2.05, 4.69) is 23.6 Å². The lowest BCUT2D eigenvalue weighted by Gasteiger charge is -2.50. The summed E-state index contributed by atoms with van der Waals surface area (Å²) in [6.07, 6.45) is 8.05. The van der Waals surface area contributed by atoms with Crippen molar-refractivity contribution in [1.29, 1.82) is 0 Å². The lowest BCUT2D eigenvalue weighted by molar-refractivity contribution is -0.142. The van der Waals surface area contributed by atoms with Gasteiger partial charge in [0.15, 0.2) is 0 Å². The molecule has 5 rings (SSSR count). The van der Waals surface area contributed by atoms with E-state index in [0.717, 1.165) is 64.5 Å². The number of rotatable bonds is 2. The van der Waals surface area contributed by atoms with Gasteiger partial charge in [-0.3, -0.25) is 9.69 Å². The van der Waals surface area contributed by atoms with Crippen LogP contribution in [-0.2, 0) is 9.53 Å². The lowest BCUT2D eigenvalue weighted by atomic mass is 9.70. The molecule has 0 aromatic heterocycles. The number of carbonyl (C=O) groups is 2. The Bertz CT molecular complexity index is 787. The summed E-state index contributed by atoms with van der Waals surface area (Å²) in [7, 11) is 0. The number of ether oxygens (including phenoxy) is 1. The summed E-state index contributed by atoms with van der Waals surface area (Å²) in [6.45, 7) is 9.26. The molecule has 1 spiro atoms. The Hall–Kier alpha value is -1.60. The molecule has 4 aliphatic heterocycles. The largest absolute Gasteiger partial charge is 0.465 e. The zero-order valence-electron chi connectivity index (χ0n) is 19.8. The van der Waals surface area contributed by atoms with E-state index in [1.165, 1.54) is 17.7 Å². The molecule has 7 nitrogen and oxygen atoms in total. The third kappa shape index (κ3) is 3.56. The molecule has 1 aliphatic carbocycles. The van der Waals surface area contributed by atoms with Gasteiger partial charge in [0.2, 0.25) is 5.91 Å². The molecule has 0 saturated carbocycles. The molecule has 7 heteroatoms. The average molecular weight is 446 g/mol. The molecule has 5 aliphatic rings. The third-order valence-corrected chi connectivity index (χ3v) is 9.32. The summed E-state index contributed by atoms with van der Waals surface area (Å²) < 4.78 is 5.66. The number of carbonyl (C=O) groups excluding carboxylic acids is 1. The molecule has 3 saturated heterocycles. The highest BCUT2D eigenvalue weighted by atomic mass is 16.5. The second kappa shape index (κ2) is 8.32. The van der Waals surface area contributed by atoms with E-state index in [-0.39, 0.29) is 11.0 Å².